The van der Waals surface area contributed by atoms with Crippen LogP contribution in [0.1, 0.15) is 30.5 Å². The molecule has 3 heterocycles. The van der Waals surface area contributed by atoms with Crippen LogP contribution >= 0.6 is 22.9 Å². The number of hydrogen-bond donors (Lipinski definition) is 0. The third kappa shape index (κ3) is 2.98. The van der Waals surface area contributed by atoms with E-state index in [4.69, 9.17) is 16.0 Å². The van der Waals surface area contributed by atoms with E-state index in [1.807, 2.05) is 0 Å². The van der Waals surface area contributed by atoms with Crippen LogP contribution in [0.3, 0.4) is 0 Å². The zero-order valence-electron chi connectivity index (χ0n) is 11.3. The highest BCUT2D eigenvalue weighted by molar-refractivity contribution is 7.91. The summed E-state index contributed by atoms with van der Waals surface area (Å²) in [7, 11) is -3.44. The highest BCUT2D eigenvalue weighted by Crippen LogP contribution is 2.33. The zero-order valence-corrected chi connectivity index (χ0v) is 13.7. The summed E-state index contributed by atoms with van der Waals surface area (Å²) in [5.74, 6) is 1.27. The topological polar surface area (TPSA) is 76.3 Å². The summed E-state index contributed by atoms with van der Waals surface area (Å²) in [5.41, 5.74) is 0. The molecule has 2 aromatic rings. The average molecular weight is 348 g/mol. The third-order valence-electron chi connectivity index (χ3n) is 3.49. The number of halogens is 1. The summed E-state index contributed by atoms with van der Waals surface area (Å²) in [6.07, 6.45) is 1.36. The first-order valence-corrected chi connectivity index (χ1v) is 9.16. The highest BCUT2D eigenvalue weighted by atomic mass is 35.5. The van der Waals surface area contributed by atoms with Gasteiger partial charge in [-0.2, -0.15) is 4.31 Å². The molecular weight excluding hydrogens is 334 g/mol. The van der Waals surface area contributed by atoms with E-state index in [1.165, 1.54) is 4.31 Å². The van der Waals surface area contributed by atoms with Crippen LogP contribution in [0.2, 0.25) is 4.34 Å². The molecule has 0 aliphatic carbocycles. The highest BCUT2D eigenvalue weighted by Gasteiger charge is 2.32. The Morgan fingerprint density at radius 1 is 1.33 bits per heavy atom. The van der Waals surface area contributed by atoms with Crippen molar-refractivity contribution in [3.63, 3.8) is 0 Å². The van der Waals surface area contributed by atoms with E-state index in [1.54, 1.807) is 19.1 Å². The van der Waals surface area contributed by atoms with Crippen molar-refractivity contribution in [2.75, 3.05) is 13.1 Å². The van der Waals surface area contributed by atoms with Crippen LogP contribution in [0.15, 0.2) is 20.8 Å². The normalized spacial score (nSPS) is 18.2. The van der Waals surface area contributed by atoms with Crippen molar-refractivity contribution in [3.05, 3.63) is 28.3 Å². The van der Waals surface area contributed by atoms with Gasteiger partial charge in [0.05, 0.1) is 4.34 Å². The molecule has 0 saturated carbocycles. The van der Waals surface area contributed by atoms with Gasteiger partial charge in [0.25, 0.3) is 10.0 Å². The van der Waals surface area contributed by atoms with Gasteiger partial charge in [-0.3, -0.25) is 0 Å². The monoisotopic (exact) mass is 347 g/mol. The molecule has 0 spiro atoms. The van der Waals surface area contributed by atoms with Gasteiger partial charge < -0.3 is 4.42 Å². The lowest BCUT2D eigenvalue weighted by molar-refractivity contribution is 0.288. The van der Waals surface area contributed by atoms with Crippen molar-refractivity contribution < 1.29 is 12.8 Å². The lowest BCUT2D eigenvalue weighted by Gasteiger charge is -2.29. The summed E-state index contributed by atoms with van der Waals surface area (Å²) in [6, 6.07) is 3.16. The van der Waals surface area contributed by atoms with Crippen LogP contribution < -0.4 is 0 Å². The van der Waals surface area contributed by atoms with E-state index >= 15 is 0 Å². The van der Waals surface area contributed by atoms with Crippen molar-refractivity contribution in [3.8, 4) is 0 Å². The van der Waals surface area contributed by atoms with Gasteiger partial charge in [-0.1, -0.05) is 11.6 Å². The van der Waals surface area contributed by atoms with E-state index < -0.39 is 10.0 Å². The smallest absolute Gasteiger partial charge is 0.252 e. The molecule has 2 aromatic heterocycles. The van der Waals surface area contributed by atoms with Gasteiger partial charge in [-0.05, 0) is 25.0 Å². The molecule has 21 heavy (non-hydrogen) atoms. The molecule has 1 aliphatic rings. The number of aryl methyl sites for hydroxylation is 1. The van der Waals surface area contributed by atoms with Crippen molar-refractivity contribution >= 4 is 33.0 Å². The fraction of sp³-hybridized carbons (Fsp3) is 0.500. The SMILES string of the molecule is Cc1nnc(C2CCN(S(=O)(=O)c3ccc(Cl)s3)CC2)o1. The van der Waals surface area contributed by atoms with Gasteiger partial charge in [0, 0.05) is 25.9 Å². The summed E-state index contributed by atoms with van der Waals surface area (Å²) in [4.78, 5) is 0. The maximum absolute atomic E-state index is 12.5. The lowest BCUT2D eigenvalue weighted by Crippen LogP contribution is -2.37. The largest absolute Gasteiger partial charge is 0.425 e. The standard InChI is InChI=1S/C12H14ClN3O3S2/c1-8-14-15-12(19-8)9-4-6-16(7-5-9)21(17,18)11-3-2-10(13)20-11/h2-3,9H,4-7H2,1H3. The second kappa shape index (κ2) is 5.68. The van der Waals surface area contributed by atoms with E-state index in [2.05, 4.69) is 10.2 Å². The summed E-state index contributed by atoms with van der Waals surface area (Å²) >= 11 is 6.90. The predicted octanol–water partition coefficient (Wildman–Crippen LogP) is 2.66. The van der Waals surface area contributed by atoms with Crippen molar-refractivity contribution in [2.45, 2.75) is 29.9 Å². The summed E-state index contributed by atoms with van der Waals surface area (Å²) in [5, 5.41) is 7.84. The molecular formula is C12H14ClN3O3S2. The third-order valence-corrected chi connectivity index (χ3v) is 7.08. The Balaban J connectivity index is 1.71. The average Bonchev–Trinajstić information content (AvgIpc) is 3.08. The van der Waals surface area contributed by atoms with Crippen molar-refractivity contribution in [1.82, 2.24) is 14.5 Å². The van der Waals surface area contributed by atoms with E-state index in [9.17, 15) is 8.42 Å². The Morgan fingerprint density at radius 3 is 2.57 bits per heavy atom. The molecule has 0 N–H and O–H groups in total. The van der Waals surface area contributed by atoms with Gasteiger partial charge in [0.2, 0.25) is 11.8 Å². The van der Waals surface area contributed by atoms with Crippen LogP contribution in [0.4, 0.5) is 0 Å². The maximum Gasteiger partial charge on any atom is 0.252 e. The first-order chi connectivity index (χ1) is 9.96. The van der Waals surface area contributed by atoms with Gasteiger partial charge in [-0.15, -0.1) is 21.5 Å². The van der Waals surface area contributed by atoms with E-state index in [0.29, 0.717) is 46.3 Å². The number of aromatic nitrogens is 2. The molecule has 6 nitrogen and oxygen atoms in total. The van der Waals surface area contributed by atoms with Gasteiger partial charge in [-0.25, -0.2) is 8.42 Å². The number of hydrogen-bond acceptors (Lipinski definition) is 6. The molecule has 114 valence electrons. The molecule has 0 bridgehead atoms. The fourth-order valence-electron chi connectivity index (χ4n) is 2.38. The van der Waals surface area contributed by atoms with Crippen LogP contribution in [0.5, 0.6) is 0 Å². The molecule has 9 heteroatoms. The van der Waals surface area contributed by atoms with E-state index in [-0.39, 0.29) is 5.92 Å². The second-order valence-corrected chi connectivity index (χ2v) is 8.78. The molecule has 1 saturated heterocycles. The number of sulfonamides is 1. The van der Waals surface area contributed by atoms with Crippen molar-refractivity contribution in [1.29, 1.82) is 0 Å². The number of rotatable bonds is 3. The summed E-state index contributed by atoms with van der Waals surface area (Å²) < 4.78 is 32.6. The minimum atomic E-state index is -3.44. The minimum absolute atomic E-state index is 0.129. The molecule has 3 rings (SSSR count). The van der Waals surface area contributed by atoms with Gasteiger partial charge in [0.15, 0.2) is 0 Å². The van der Waals surface area contributed by atoms with Gasteiger partial charge >= 0.3 is 0 Å². The Morgan fingerprint density at radius 2 is 2.05 bits per heavy atom. The quantitative estimate of drug-likeness (QED) is 0.853. The van der Waals surface area contributed by atoms with Crippen molar-refractivity contribution in [2.24, 2.45) is 0 Å². The van der Waals surface area contributed by atoms with Crippen LogP contribution in [0, 0.1) is 6.92 Å². The molecule has 0 unspecified atom stereocenters. The first kappa shape index (κ1) is 15.0. The van der Waals surface area contributed by atoms with Crippen LogP contribution in [-0.2, 0) is 10.0 Å². The Bertz CT molecular complexity index is 733. The Kier molecular flexibility index (Phi) is 4.04. The second-order valence-electron chi connectivity index (χ2n) is 4.90. The molecule has 0 aromatic carbocycles. The van der Waals surface area contributed by atoms with Gasteiger partial charge in [0.1, 0.15) is 4.21 Å². The molecule has 0 radical (unpaired) electrons. The number of piperidine rings is 1. The molecule has 0 atom stereocenters. The number of thiophene rings is 1. The molecule has 1 aliphatic heterocycles. The van der Waals surface area contributed by atoms with E-state index in [0.717, 1.165) is 11.3 Å². The lowest BCUT2D eigenvalue weighted by atomic mass is 9.98. The number of nitrogens with zero attached hydrogens (tertiary/aromatic N) is 3. The first-order valence-electron chi connectivity index (χ1n) is 6.52. The Hall–Kier alpha value is -0.960. The van der Waals surface area contributed by atoms with Crippen LogP contribution in [0.25, 0.3) is 0 Å². The predicted molar refractivity (Wildman–Crippen MR) is 79.1 cm³/mol. The minimum Gasteiger partial charge on any atom is -0.425 e. The maximum atomic E-state index is 12.5. The fourth-order valence-corrected chi connectivity index (χ4v) is 5.49. The molecule has 0 amide bonds. The summed E-state index contributed by atoms with van der Waals surface area (Å²) in [6.45, 7) is 2.64. The zero-order chi connectivity index (χ0) is 15.0. The molecule has 1 fully saturated rings. The van der Waals surface area contributed by atoms with Crippen LogP contribution in [-0.4, -0.2) is 36.0 Å². The Labute approximate surface area is 131 Å².